The Hall–Kier alpha value is -3.02. The Kier molecular flexibility index (Phi) is 4.01. The second kappa shape index (κ2) is 6.47. The maximum Gasteiger partial charge on any atom is 0.274 e. The normalized spacial score (nSPS) is 14.0. The third-order valence-corrected chi connectivity index (χ3v) is 4.64. The zero-order chi connectivity index (χ0) is 17.2. The second-order valence-electron chi connectivity index (χ2n) is 6.15. The summed E-state index contributed by atoms with van der Waals surface area (Å²) in [6.07, 6.45) is 6.23. The van der Waals surface area contributed by atoms with E-state index in [1.165, 1.54) is 17.5 Å². The molecular weight excluding hydrogens is 314 g/mol. The van der Waals surface area contributed by atoms with E-state index in [4.69, 9.17) is 5.10 Å². The van der Waals surface area contributed by atoms with E-state index in [1.54, 1.807) is 12.4 Å². The van der Waals surface area contributed by atoms with Gasteiger partial charge in [0.05, 0.1) is 11.9 Å². The van der Waals surface area contributed by atoms with Crippen LogP contribution in [-0.4, -0.2) is 43.6 Å². The van der Waals surface area contributed by atoms with Crippen molar-refractivity contribution in [3.8, 4) is 11.3 Å². The van der Waals surface area contributed by atoms with E-state index < -0.39 is 0 Å². The molecule has 0 N–H and O–H groups in total. The predicted molar refractivity (Wildman–Crippen MR) is 94.0 cm³/mol. The molecule has 6 nitrogen and oxygen atoms in total. The highest BCUT2D eigenvalue weighted by molar-refractivity contribution is 5.92. The van der Waals surface area contributed by atoms with Gasteiger partial charge in [0.2, 0.25) is 0 Å². The minimum Gasteiger partial charge on any atom is -0.337 e. The molecule has 6 heteroatoms. The molecule has 0 fully saturated rings. The second-order valence-corrected chi connectivity index (χ2v) is 6.15. The fourth-order valence-corrected chi connectivity index (χ4v) is 3.38. The van der Waals surface area contributed by atoms with Gasteiger partial charge in [0.15, 0.2) is 0 Å². The summed E-state index contributed by atoms with van der Waals surface area (Å²) in [6.45, 7) is 1.32. The van der Waals surface area contributed by atoms with Crippen molar-refractivity contribution in [1.82, 2.24) is 24.6 Å². The van der Waals surface area contributed by atoms with Crippen LogP contribution in [-0.2, 0) is 19.9 Å². The molecule has 126 valence electrons. The van der Waals surface area contributed by atoms with Crippen molar-refractivity contribution < 1.29 is 4.79 Å². The van der Waals surface area contributed by atoms with Crippen molar-refractivity contribution in [2.45, 2.75) is 12.8 Å². The maximum atomic E-state index is 12.7. The lowest BCUT2D eigenvalue weighted by atomic mass is 10.0. The lowest BCUT2D eigenvalue weighted by Crippen LogP contribution is -2.34. The zero-order valence-electron chi connectivity index (χ0n) is 14.1. The highest BCUT2D eigenvalue weighted by Crippen LogP contribution is 2.28. The van der Waals surface area contributed by atoms with E-state index in [9.17, 15) is 4.79 Å². The average molecular weight is 333 g/mol. The number of aryl methyl sites for hydroxylation is 1. The third kappa shape index (κ3) is 2.91. The van der Waals surface area contributed by atoms with E-state index in [2.05, 4.69) is 22.1 Å². The summed E-state index contributed by atoms with van der Waals surface area (Å²) in [7, 11) is 1.98. The number of carbonyl (C=O) groups excluding carboxylic acids is 1. The lowest BCUT2D eigenvalue weighted by molar-refractivity contribution is 0.0756. The quantitative estimate of drug-likeness (QED) is 0.720. The summed E-state index contributed by atoms with van der Waals surface area (Å²) in [5.74, 6) is -0.0601. The van der Waals surface area contributed by atoms with E-state index in [0.29, 0.717) is 18.8 Å². The third-order valence-electron chi connectivity index (χ3n) is 4.64. The van der Waals surface area contributed by atoms with Crippen molar-refractivity contribution in [1.29, 1.82) is 0 Å². The fourth-order valence-electron chi connectivity index (χ4n) is 3.38. The first-order valence-corrected chi connectivity index (χ1v) is 8.39. The minimum atomic E-state index is -0.0601. The van der Waals surface area contributed by atoms with E-state index >= 15 is 0 Å². The summed E-state index contributed by atoms with van der Waals surface area (Å²) in [5.41, 5.74) is 4.98. The number of benzene rings is 1. The molecule has 0 unspecified atom stereocenters. The lowest BCUT2D eigenvalue weighted by Gasteiger charge is -2.19. The van der Waals surface area contributed by atoms with Gasteiger partial charge >= 0.3 is 0 Å². The highest BCUT2D eigenvalue weighted by atomic mass is 16.2. The SMILES string of the molecule is Cn1nc(-c2ccccc2)c2c1CCN(C(=O)c1cnccn1)CC2. The number of fused-ring (bicyclic) bond motifs is 1. The van der Waals surface area contributed by atoms with Crippen LogP contribution in [0.1, 0.15) is 21.7 Å². The van der Waals surface area contributed by atoms with Gasteiger partial charge in [-0.05, 0) is 6.42 Å². The minimum absolute atomic E-state index is 0.0601. The zero-order valence-corrected chi connectivity index (χ0v) is 14.1. The summed E-state index contributed by atoms with van der Waals surface area (Å²) >= 11 is 0. The van der Waals surface area contributed by atoms with Gasteiger partial charge in [-0.1, -0.05) is 30.3 Å². The molecule has 1 amide bonds. The van der Waals surface area contributed by atoms with Crippen molar-refractivity contribution in [3.05, 3.63) is 65.9 Å². The summed E-state index contributed by atoms with van der Waals surface area (Å²) in [6, 6.07) is 10.2. The summed E-state index contributed by atoms with van der Waals surface area (Å²) in [5, 5.41) is 4.72. The van der Waals surface area contributed by atoms with Gasteiger partial charge in [-0.3, -0.25) is 14.5 Å². The number of rotatable bonds is 2. The number of amides is 1. The first kappa shape index (κ1) is 15.5. The van der Waals surface area contributed by atoms with Crippen LogP contribution in [0.4, 0.5) is 0 Å². The number of aromatic nitrogens is 4. The van der Waals surface area contributed by atoms with E-state index in [-0.39, 0.29) is 5.91 Å². The van der Waals surface area contributed by atoms with Gasteiger partial charge in [-0.2, -0.15) is 5.10 Å². The van der Waals surface area contributed by atoms with Gasteiger partial charge in [-0.15, -0.1) is 0 Å². The highest BCUT2D eigenvalue weighted by Gasteiger charge is 2.25. The predicted octanol–water partition coefficient (Wildman–Crippen LogP) is 2.12. The molecule has 0 bridgehead atoms. The molecule has 0 aliphatic carbocycles. The van der Waals surface area contributed by atoms with Gasteiger partial charge < -0.3 is 4.90 Å². The topological polar surface area (TPSA) is 63.9 Å². The molecule has 3 heterocycles. The number of nitrogens with zero attached hydrogens (tertiary/aromatic N) is 5. The summed E-state index contributed by atoms with van der Waals surface area (Å²) in [4.78, 5) is 22.7. The molecule has 2 aromatic heterocycles. The van der Waals surface area contributed by atoms with Crippen LogP contribution in [0.25, 0.3) is 11.3 Å². The van der Waals surface area contributed by atoms with Crippen LogP contribution in [0.15, 0.2) is 48.9 Å². The Morgan fingerprint density at radius 1 is 1.08 bits per heavy atom. The largest absolute Gasteiger partial charge is 0.337 e. The van der Waals surface area contributed by atoms with Crippen LogP contribution in [0, 0.1) is 0 Å². The van der Waals surface area contributed by atoms with E-state index in [1.807, 2.05) is 34.8 Å². The Labute approximate surface area is 146 Å². The molecule has 1 aromatic carbocycles. The molecule has 0 atom stereocenters. The first-order valence-electron chi connectivity index (χ1n) is 8.39. The number of carbonyl (C=O) groups is 1. The molecule has 25 heavy (non-hydrogen) atoms. The van der Waals surface area contributed by atoms with Crippen molar-refractivity contribution in [2.24, 2.45) is 7.05 Å². The van der Waals surface area contributed by atoms with Gasteiger partial charge in [0, 0.05) is 55.8 Å². The molecule has 0 radical (unpaired) electrons. The van der Waals surface area contributed by atoms with E-state index in [0.717, 1.165) is 24.1 Å². The van der Waals surface area contributed by atoms with Crippen LogP contribution in [0.5, 0.6) is 0 Å². The molecule has 1 aliphatic rings. The Balaban J connectivity index is 1.62. The maximum absolute atomic E-state index is 12.7. The number of hydrogen-bond acceptors (Lipinski definition) is 4. The molecule has 0 spiro atoms. The van der Waals surface area contributed by atoms with Crippen molar-refractivity contribution in [2.75, 3.05) is 13.1 Å². The van der Waals surface area contributed by atoms with Crippen LogP contribution in [0.3, 0.4) is 0 Å². The molecular formula is C19H19N5O. The van der Waals surface area contributed by atoms with Crippen molar-refractivity contribution in [3.63, 3.8) is 0 Å². The molecule has 4 rings (SSSR count). The number of hydrogen-bond donors (Lipinski definition) is 0. The molecule has 0 saturated heterocycles. The fraction of sp³-hybridized carbons (Fsp3) is 0.263. The molecule has 3 aromatic rings. The van der Waals surface area contributed by atoms with Gasteiger partial charge in [0.1, 0.15) is 5.69 Å². The van der Waals surface area contributed by atoms with Crippen molar-refractivity contribution >= 4 is 5.91 Å². The molecule has 1 aliphatic heterocycles. The van der Waals surface area contributed by atoms with Gasteiger partial charge in [-0.25, -0.2) is 4.98 Å². The standard InChI is InChI=1S/C19H19N5O/c1-23-17-8-12-24(19(25)16-13-20-9-10-21-16)11-7-15(17)18(22-23)14-5-3-2-4-6-14/h2-6,9-10,13H,7-8,11-12H2,1H3. The van der Waals surface area contributed by atoms with Crippen LogP contribution < -0.4 is 0 Å². The van der Waals surface area contributed by atoms with Crippen LogP contribution >= 0.6 is 0 Å². The monoisotopic (exact) mass is 333 g/mol. The smallest absolute Gasteiger partial charge is 0.274 e. The van der Waals surface area contributed by atoms with Crippen LogP contribution in [0.2, 0.25) is 0 Å². The Morgan fingerprint density at radius 2 is 1.88 bits per heavy atom. The Bertz CT molecular complexity index is 889. The molecule has 0 saturated carbocycles. The Morgan fingerprint density at radius 3 is 2.64 bits per heavy atom. The van der Waals surface area contributed by atoms with Gasteiger partial charge in [0.25, 0.3) is 5.91 Å². The average Bonchev–Trinajstić information content (AvgIpc) is 2.84. The summed E-state index contributed by atoms with van der Waals surface area (Å²) < 4.78 is 1.95. The first-order chi connectivity index (χ1) is 12.2.